The summed E-state index contributed by atoms with van der Waals surface area (Å²) in [5.74, 6) is 0.0184. The molecule has 0 aliphatic heterocycles. The largest absolute Gasteiger partial charge is 0.456 e. The Labute approximate surface area is 151 Å². The molecule has 0 radical (unpaired) electrons. The molecule has 0 saturated heterocycles. The number of nitrogens with zero attached hydrogens (tertiary/aromatic N) is 2. The molecule has 0 aliphatic rings. The van der Waals surface area contributed by atoms with Gasteiger partial charge >= 0.3 is 5.97 Å². The van der Waals surface area contributed by atoms with Crippen molar-refractivity contribution >= 4 is 16.0 Å². The number of rotatable bonds is 8. The van der Waals surface area contributed by atoms with Crippen LogP contribution in [0.5, 0.6) is 0 Å². The number of hydrogen-bond donors (Lipinski definition) is 0. The second-order valence-corrected chi connectivity index (χ2v) is 7.84. The van der Waals surface area contributed by atoms with E-state index in [-0.39, 0.29) is 24.5 Å². The number of benzene rings is 1. The molecule has 142 valence electrons. The van der Waals surface area contributed by atoms with Crippen LogP contribution in [0.4, 0.5) is 4.39 Å². The molecule has 2 rings (SSSR count). The maximum absolute atomic E-state index is 12.9. The standard InChI is InChI=1S/C17H21FN2O5S/c1-12-13(2)25-16(19-12)11-24-17(21)5-4-10-20(3)26(22,23)15-8-6-14(18)7-9-15/h6-9H,4-5,10-11H2,1-3H3. The Morgan fingerprint density at radius 3 is 2.50 bits per heavy atom. The van der Waals surface area contributed by atoms with Gasteiger partial charge in [0.1, 0.15) is 11.6 Å². The summed E-state index contributed by atoms with van der Waals surface area (Å²) in [6, 6.07) is 4.58. The molecule has 0 atom stereocenters. The fourth-order valence-electron chi connectivity index (χ4n) is 2.17. The van der Waals surface area contributed by atoms with E-state index >= 15 is 0 Å². The lowest BCUT2D eigenvalue weighted by atomic mass is 10.3. The van der Waals surface area contributed by atoms with Gasteiger partial charge in [-0.3, -0.25) is 4.79 Å². The second kappa shape index (κ2) is 8.41. The van der Waals surface area contributed by atoms with Crippen LogP contribution in [0.1, 0.15) is 30.2 Å². The third-order valence-electron chi connectivity index (χ3n) is 3.81. The molecule has 0 fully saturated rings. The molecule has 0 aliphatic carbocycles. The van der Waals surface area contributed by atoms with E-state index in [4.69, 9.17) is 9.15 Å². The first kappa shape index (κ1) is 20.1. The van der Waals surface area contributed by atoms with Gasteiger partial charge in [-0.1, -0.05) is 0 Å². The Kier molecular flexibility index (Phi) is 6.49. The van der Waals surface area contributed by atoms with Gasteiger partial charge in [0, 0.05) is 20.0 Å². The van der Waals surface area contributed by atoms with Gasteiger partial charge in [0.15, 0.2) is 6.61 Å². The van der Waals surface area contributed by atoms with Crippen LogP contribution in [0, 0.1) is 19.7 Å². The van der Waals surface area contributed by atoms with E-state index < -0.39 is 21.8 Å². The molecule has 1 heterocycles. The number of sulfonamides is 1. The summed E-state index contributed by atoms with van der Waals surface area (Å²) in [5, 5.41) is 0. The monoisotopic (exact) mass is 384 g/mol. The average molecular weight is 384 g/mol. The molecule has 0 spiro atoms. The lowest BCUT2D eigenvalue weighted by Gasteiger charge is -2.16. The number of halogens is 1. The fourth-order valence-corrected chi connectivity index (χ4v) is 3.38. The molecule has 0 N–H and O–H groups in total. The zero-order valence-electron chi connectivity index (χ0n) is 14.9. The van der Waals surface area contributed by atoms with Crippen LogP contribution >= 0.6 is 0 Å². The molecule has 26 heavy (non-hydrogen) atoms. The summed E-state index contributed by atoms with van der Waals surface area (Å²) in [5.41, 5.74) is 0.740. The number of ether oxygens (including phenoxy) is 1. The van der Waals surface area contributed by atoms with Crippen molar-refractivity contribution in [3.05, 3.63) is 47.4 Å². The summed E-state index contributed by atoms with van der Waals surface area (Å²) in [6.45, 7) is 3.63. The van der Waals surface area contributed by atoms with Crippen molar-refractivity contribution in [3.63, 3.8) is 0 Å². The predicted octanol–water partition coefficient (Wildman–Crippen LogP) is 2.57. The third kappa shape index (κ3) is 5.12. The minimum atomic E-state index is -3.72. The average Bonchev–Trinajstić information content (AvgIpc) is 2.91. The maximum atomic E-state index is 12.9. The fraction of sp³-hybridized carbons (Fsp3) is 0.412. The predicted molar refractivity (Wildman–Crippen MR) is 91.2 cm³/mol. The minimum Gasteiger partial charge on any atom is -0.456 e. The van der Waals surface area contributed by atoms with Crippen molar-refractivity contribution in [1.29, 1.82) is 0 Å². The zero-order valence-corrected chi connectivity index (χ0v) is 15.7. The number of carbonyl (C=O) groups is 1. The van der Waals surface area contributed by atoms with E-state index in [1.54, 1.807) is 13.8 Å². The number of esters is 1. The highest BCUT2D eigenvalue weighted by molar-refractivity contribution is 7.89. The van der Waals surface area contributed by atoms with E-state index in [0.29, 0.717) is 18.1 Å². The Bertz CT molecular complexity index is 842. The van der Waals surface area contributed by atoms with Crippen molar-refractivity contribution in [2.75, 3.05) is 13.6 Å². The first-order valence-corrected chi connectivity index (χ1v) is 9.44. The van der Waals surface area contributed by atoms with Gasteiger partial charge in [-0.05, 0) is 44.5 Å². The number of oxazole rings is 1. The van der Waals surface area contributed by atoms with Gasteiger partial charge in [-0.2, -0.15) is 0 Å². The van der Waals surface area contributed by atoms with Crippen LogP contribution < -0.4 is 0 Å². The maximum Gasteiger partial charge on any atom is 0.306 e. The van der Waals surface area contributed by atoms with Crippen LogP contribution in [0.2, 0.25) is 0 Å². The van der Waals surface area contributed by atoms with E-state index in [9.17, 15) is 17.6 Å². The van der Waals surface area contributed by atoms with Gasteiger partial charge < -0.3 is 9.15 Å². The summed E-state index contributed by atoms with van der Waals surface area (Å²) < 4.78 is 49.1. The lowest BCUT2D eigenvalue weighted by Crippen LogP contribution is -2.28. The quantitative estimate of drug-likeness (QED) is 0.650. The summed E-state index contributed by atoms with van der Waals surface area (Å²) in [6.07, 6.45) is 0.349. The molecule has 0 saturated carbocycles. The van der Waals surface area contributed by atoms with Crippen molar-refractivity contribution in [3.8, 4) is 0 Å². The first-order chi connectivity index (χ1) is 12.2. The number of carbonyl (C=O) groups excluding carboxylic acids is 1. The molecule has 1 aromatic heterocycles. The van der Waals surface area contributed by atoms with Gasteiger partial charge in [-0.25, -0.2) is 22.1 Å². The molecular formula is C17H21FN2O5S. The van der Waals surface area contributed by atoms with Gasteiger partial charge in [-0.15, -0.1) is 0 Å². The second-order valence-electron chi connectivity index (χ2n) is 5.79. The highest BCUT2D eigenvalue weighted by Gasteiger charge is 2.20. The zero-order chi connectivity index (χ0) is 19.3. The van der Waals surface area contributed by atoms with Gasteiger partial charge in [0.2, 0.25) is 15.9 Å². The molecule has 2 aromatic rings. The molecule has 7 nitrogen and oxygen atoms in total. The summed E-state index contributed by atoms with van der Waals surface area (Å²) in [4.78, 5) is 15.8. The number of aromatic nitrogens is 1. The molecular weight excluding hydrogens is 363 g/mol. The highest BCUT2D eigenvalue weighted by Crippen LogP contribution is 2.15. The van der Waals surface area contributed by atoms with Crippen LogP contribution in [-0.4, -0.2) is 37.3 Å². The van der Waals surface area contributed by atoms with E-state index in [0.717, 1.165) is 22.1 Å². The van der Waals surface area contributed by atoms with E-state index in [2.05, 4.69) is 4.98 Å². The number of hydrogen-bond acceptors (Lipinski definition) is 6. The molecule has 9 heteroatoms. The third-order valence-corrected chi connectivity index (χ3v) is 5.68. The Balaban J connectivity index is 1.79. The first-order valence-electron chi connectivity index (χ1n) is 8.00. The van der Waals surface area contributed by atoms with Crippen LogP contribution in [0.25, 0.3) is 0 Å². The number of aryl methyl sites for hydroxylation is 2. The molecule has 0 amide bonds. The van der Waals surface area contributed by atoms with Crippen molar-refractivity contribution in [1.82, 2.24) is 9.29 Å². The molecule has 0 unspecified atom stereocenters. The Morgan fingerprint density at radius 1 is 1.27 bits per heavy atom. The Morgan fingerprint density at radius 2 is 1.92 bits per heavy atom. The minimum absolute atomic E-state index is 0.00129. The van der Waals surface area contributed by atoms with Crippen molar-refractivity contribution in [2.45, 2.75) is 38.2 Å². The topological polar surface area (TPSA) is 89.7 Å². The smallest absolute Gasteiger partial charge is 0.306 e. The SMILES string of the molecule is Cc1nc(COC(=O)CCCN(C)S(=O)(=O)c2ccc(F)cc2)oc1C. The van der Waals surface area contributed by atoms with Crippen LogP contribution in [0.3, 0.4) is 0 Å². The molecule has 0 bridgehead atoms. The van der Waals surface area contributed by atoms with E-state index in [1.165, 1.54) is 19.2 Å². The van der Waals surface area contributed by atoms with Crippen molar-refractivity contribution in [2.24, 2.45) is 0 Å². The summed E-state index contributed by atoms with van der Waals surface area (Å²) >= 11 is 0. The highest BCUT2D eigenvalue weighted by atomic mass is 32.2. The van der Waals surface area contributed by atoms with Crippen LogP contribution in [0.15, 0.2) is 33.6 Å². The van der Waals surface area contributed by atoms with E-state index in [1.807, 2.05) is 0 Å². The van der Waals surface area contributed by atoms with Gasteiger partial charge in [0.25, 0.3) is 0 Å². The van der Waals surface area contributed by atoms with Crippen LogP contribution in [-0.2, 0) is 26.2 Å². The summed E-state index contributed by atoms with van der Waals surface area (Å²) in [7, 11) is -2.32. The lowest BCUT2D eigenvalue weighted by molar-refractivity contribution is -0.145. The van der Waals surface area contributed by atoms with Gasteiger partial charge in [0.05, 0.1) is 10.6 Å². The van der Waals surface area contributed by atoms with Crippen molar-refractivity contribution < 1.29 is 26.8 Å². The normalized spacial score (nSPS) is 11.7. The Hall–Kier alpha value is -2.26. The molecule has 1 aromatic carbocycles.